The van der Waals surface area contributed by atoms with Crippen molar-refractivity contribution < 1.29 is 4.79 Å². The highest BCUT2D eigenvalue weighted by Crippen LogP contribution is 2.24. The van der Waals surface area contributed by atoms with Crippen LogP contribution in [0, 0.1) is 6.92 Å². The summed E-state index contributed by atoms with van der Waals surface area (Å²) in [5, 5.41) is 2.26. The van der Waals surface area contributed by atoms with E-state index in [9.17, 15) is 4.79 Å². The molecule has 2 aromatic heterocycles. The van der Waals surface area contributed by atoms with Crippen molar-refractivity contribution in [3.8, 4) is 0 Å². The number of aryl methyl sites for hydroxylation is 1. The van der Waals surface area contributed by atoms with Crippen molar-refractivity contribution in [1.82, 2.24) is 14.9 Å². The Morgan fingerprint density at radius 2 is 1.82 bits per heavy atom. The first-order valence-corrected chi connectivity index (χ1v) is 9.67. The number of aromatic nitrogens is 2. The first kappa shape index (κ1) is 16.8. The highest BCUT2D eigenvalue weighted by Gasteiger charge is 2.23. The van der Waals surface area contributed by atoms with Gasteiger partial charge in [-0.1, -0.05) is 18.2 Å². The third kappa shape index (κ3) is 2.89. The molecule has 0 aliphatic carbocycles. The Bertz CT molecular complexity index is 1170. The highest BCUT2D eigenvalue weighted by atomic mass is 16.2. The zero-order chi connectivity index (χ0) is 19.1. The molecule has 1 aliphatic rings. The first-order chi connectivity index (χ1) is 13.7. The van der Waals surface area contributed by atoms with Crippen LogP contribution in [0.4, 0.5) is 5.82 Å². The van der Waals surface area contributed by atoms with Gasteiger partial charge in [0.1, 0.15) is 5.82 Å². The topological polar surface area (TPSA) is 52.2 Å². The van der Waals surface area contributed by atoms with Gasteiger partial charge in [0, 0.05) is 54.2 Å². The maximum absolute atomic E-state index is 12.9. The second-order valence-electron chi connectivity index (χ2n) is 7.37. The van der Waals surface area contributed by atoms with Crippen LogP contribution < -0.4 is 4.90 Å². The molecule has 3 heterocycles. The van der Waals surface area contributed by atoms with Crippen LogP contribution in [-0.4, -0.2) is 47.0 Å². The number of rotatable bonds is 2. The number of carbonyl (C=O) groups is 1. The number of fused-ring (bicyclic) bond motifs is 2. The predicted molar refractivity (Wildman–Crippen MR) is 113 cm³/mol. The maximum atomic E-state index is 12.9. The van der Waals surface area contributed by atoms with E-state index in [2.05, 4.69) is 35.0 Å². The van der Waals surface area contributed by atoms with E-state index in [0.717, 1.165) is 40.9 Å². The molecule has 1 fully saturated rings. The van der Waals surface area contributed by atoms with Crippen molar-refractivity contribution in [3.63, 3.8) is 0 Å². The monoisotopic (exact) mass is 370 g/mol. The molecule has 1 saturated heterocycles. The number of H-pyrrole nitrogens is 1. The number of piperazine rings is 1. The van der Waals surface area contributed by atoms with Gasteiger partial charge < -0.3 is 14.8 Å². The standard InChI is InChI=1S/C23H22N4O/c1-16-14-22(25-21-5-3-2-4-19(16)21)26-10-12-27(13-11-26)23(28)18-6-7-20-17(15-18)8-9-24-20/h2-9,14-15,24H,10-13H2,1H3. The Hall–Kier alpha value is -3.34. The Kier molecular flexibility index (Phi) is 4.01. The van der Waals surface area contributed by atoms with Crippen LogP contribution in [0.5, 0.6) is 0 Å². The Morgan fingerprint density at radius 3 is 2.68 bits per heavy atom. The second kappa shape index (κ2) is 6.68. The lowest BCUT2D eigenvalue weighted by Gasteiger charge is -2.35. The Morgan fingerprint density at radius 1 is 1.00 bits per heavy atom. The van der Waals surface area contributed by atoms with Crippen molar-refractivity contribution in [2.24, 2.45) is 0 Å². The van der Waals surface area contributed by atoms with Gasteiger partial charge in [-0.3, -0.25) is 4.79 Å². The van der Waals surface area contributed by atoms with Crippen molar-refractivity contribution in [1.29, 1.82) is 0 Å². The molecule has 2 aromatic carbocycles. The zero-order valence-electron chi connectivity index (χ0n) is 15.9. The summed E-state index contributed by atoms with van der Waals surface area (Å²) >= 11 is 0. The van der Waals surface area contributed by atoms with Gasteiger partial charge >= 0.3 is 0 Å². The average Bonchev–Trinajstić information content (AvgIpc) is 3.21. The minimum absolute atomic E-state index is 0.102. The number of anilines is 1. The van der Waals surface area contributed by atoms with Gasteiger partial charge in [0.25, 0.3) is 5.91 Å². The average molecular weight is 370 g/mol. The fourth-order valence-corrected chi connectivity index (χ4v) is 4.00. The quantitative estimate of drug-likeness (QED) is 0.581. The number of carbonyl (C=O) groups excluding carboxylic acids is 1. The van der Waals surface area contributed by atoms with Gasteiger partial charge in [-0.2, -0.15) is 0 Å². The molecule has 0 bridgehead atoms. The summed E-state index contributed by atoms with van der Waals surface area (Å²) < 4.78 is 0. The number of hydrogen-bond acceptors (Lipinski definition) is 3. The summed E-state index contributed by atoms with van der Waals surface area (Å²) in [6.45, 7) is 5.13. The van der Waals surface area contributed by atoms with E-state index in [0.29, 0.717) is 13.1 Å². The number of hydrogen-bond donors (Lipinski definition) is 1. The molecule has 5 nitrogen and oxygen atoms in total. The van der Waals surface area contributed by atoms with Gasteiger partial charge in [0.2, 0.25) is 0 Å². The lowest BCUT2D eigenvalue weighted by molar-refractivity contribution is 0.0746. The maximum Gasteiger partial charge on any atom is 0.253 e. The van der Waals surface area contributed by atoms with Crippen LogP contribution in [0.3, 0.4) is 0 Å². The van der Waals surface area contributed by atoms with Crippen LogP contribution in [0.1, 0.15) is 15.9 Å². The van der Waals surface area contributed by atoms with Gasteiger partial charge in [-0.15, -0.1) is 0 Å². The SMILES string of the molecule is Cc1cc(N2CCN(C(=O)c3ccc4[nH]ccc4c3)CC2)nc2ccccc12. The molecule has 0 unspecified atom stereocenters. The van der Waals surface area contributed by atoms with Crippen LogP contribution in [0.25, 0.3) is 21.8 Å². The largest absolute Gasteiger partial charge is 0.361 e. The van der Waals surface area contributed by atoms with Gasteiger partial charge in [0.15, 0.2) is 0 Å². The Labute approximate surface area is 163 Å². The van der Waals surface area contributed by atoms with Crippen molar-refractivity contribution in [2.75, 3.05) is 31.1 Å². The molecule has 140 valence electrons. The lowest BCUT2D eigenvalue weighted by atomic mass is 10.1. The molecule has 1 N–H and O–H groups in total. The molecule has 0 saturated carbocycles. The molecule has 1 aliphatic heterocycles. The molecule has 0 radical (unpaired) electrons. The molecule has 28 heavy (non-hydrogen) atoms. The lowest BCUT2D eigenvalue weighted by Crippen LogP contribution is -2.49. The number of nitrogens with zero attached hydrogens (tertiary/aromatic N) is 3. The van der Waals surface area contributed by atoms with E-state index < -0.39 is 0 Å². The number of pyridine rings is 1. The number of nitrogens with one attached hydrogen (secondary N) is 1. The summed E-state index contributed by atoms with van der Waals surface area (Å²) in [5.41, 5.74) is 4.06. The highest BCUT2D eigenvalue weighted by molar-refractivity contribution is 5.98. The summed E-state index contributed by atoms with van der Waals surface area (Å²) in [7, 11) is 0. The van der Waals surface area contributed by atoms with Crippen LogP contribution in [-0.2, 0) is 0 Å². The summed E-state index contributed by atoms with van der Waals surface area (Å²) in [4.78, 5) is 25.1. The minimum Gasteiger partial charge on any atom is -0.361 e. The van der Waals surface area contributed by atoms with Crippen molar-refractivity contribution in [3.05, 3.63) is 71.9 Å². The number of aromatic amines is 1. The second-order valence-corrected chi connectivity index (χ2v) is 7.37. The fraction of sp³-hybridized carbons (Fsp3) is 0.217. The third-order valence-corrected chi connectivity index (χ3v) is 5.60. The first-order valence-electron chi connectivity index (χ1n) is 9.67. The van der Waals surface area contributed by atoms with E-state index in [1.807, 2.05) is 47.5 Å². The Balaban J connectivity index is 1.32. The van der Waals surface area contributed by atoms with E-state index in [4.69, 9.17) is 4.98 Å². The van der Waals surface area contributed by atoms with Crippen LogP contribution in [0.2, 0.25) is 0 Å². The van der Waals surface area contributed by atoms with Gasteiger partial charge in [-0.25, -0.2) is 4.98 Å². The molecule has 1 amide bonds. The molecule has 5 rings (SSSR count). The predicted octanol–water partition coefficient (Wildman–Crippen LogP) is 3.99. The van der Waals surface area contributed by atoms with Crippen LogP contribution >= 0.6 is 0 Å². The van der Waals surface area contributed by atoms with E-state index in [1.54, 1.807) is 0 Å². The van der Waals surface area contributed by atoms with Crippen LogP contribution in [0.15, 0.2) is 60.8 Å². The number of amides is 1. The molecule has 4 aromatic rings. The number of para-hydroxylation sites is 1. The number of benzene rings is 2. The smallest absolute Gasteiger partial charge is 0.253 e. The molecule has 5 heteroatoms. The normalized spacial score (nSPS) is 14.8. The molecular formula is C23H22N4O. The van der Waals surface area contributed by atoms with E-state index >= 15 is 0 Å². The summed E-state index contributed by atoms with van der Waals surface area (Å²) in [6.07, 6.45) is 1.90. The fourth-order valence-electron chi connectivity index (χ4n) is 4.00. The van der Waals surface area contributed by atoms with E-state index in [1.165, 1.54) is 10.9 Å². The van der Waals surface area contributed by atoms with Crippen molar-refractivity contribution in [2.45, 2.75) is 6.92 Å². The minimum atomic E-state index is 0.102. The van der Waals surface area contributed by atoms with Crippen molar-refractivity contribution >= 4 is 33.5 Å². The van der Waals surface area contributed by atoms with E-state index in [-0.39, 0.29) is 5.91 Å². The zero-order valence-corrected chi connectivity index (χ0v) is 15.9. The summed E-state index contributed by atoms with van der Waals surface area (Å²) in [5.74, 6) is 1.10. The molecule has 0 spiro atoms. The molecule has 0 atom stereocenters. The van der Waals surface area contributed by atoms with Gasteiger partial charge in [0.05, 0.1) is 5.52 Å². The third-order valence-electron chi connectivity index (χ3n) is 5.60. The molecular weight excluding hydrogens is 348 g/mol. The van der Waals surface area contributed by atoms with Gasteiger partial charge in [-0.05, 0) is 48.9 Å². The summed E-state index contributed by atoms with van der Waals surface area (Å²) in [6, 6.07) is 18.2.